The quantitative estimate of drug-likeness (QED) is 0.391. The number of benzene rings is 3. The molecule has 1 saturated heterocycles. The van der Waals surface area contributed by atoms with E-state index in [1.54, 1.807) is 65.6 Å². The highest BCUT2D eigenvalue weighted by molar-refractivity contribution is 7.89. The number of halogens is 1. The van der Waals surface area contributed by atoms with Crippen LogP contribution in [0.3, 0.4) is 0 Å². The number of nitrogens with one attached hydrogen (secondary N) is 2. The Kier molecular flexibility index (Phi) is 8.34. The van der Waals surface area contributed by atoms with Crippen LogP contribution in [0.25, 0.3) is 10.8 Å². The molecule has 36 heavy (non-hydrogen) atoms. The minimum Gasteiger partial charge on any atom is -0.453 e. The van der Waals surface area contributed by atoms with Crippen LogP contribution in [0.2, 0.25) is 5.02 Å². The molecule has 0 unspecified atom stereocenters. The van der Waals surface area contributed by atoms with Gasteiger partial charge in [0.05, 0.1) is 12.0 Å². The lowest BCUT2D eigenvalue weighted by atomic mass is 10.1. The van der Waals surface area contributed by atoms with Crippen molar-refractivity contribution in [3.8, 4) is 0 Å². The van der Waals surface area contributed by atoms with Gasteiger partial charge in [0.1, 0.15) is 5.84 Å². The van der Waals surface area contributed by atoms with Crippen LogP contribution in [0.4, 0.5) is 4.79 Å². The van der Waals surface area contributed by atoms with Gasteiger partial charge in [0.2, 0.25) is 10.0 Å². The molecule has 1 aliphatic rings. The summed E-state index contributed by atoms with van der Waals surface area (Å²) in [6, 6.07) is 16.5. The molecule has 0 saturated carbocycles. The third kappa shape index (κ3) is 5.67. The summed E-state index contributed by atoms with van der Waals surface area (Å²) in [5, 5.41) is 12.3. The highest BCUT2D eigenvalue weighted by Crippen LogP contribution is 2.25. The smallest absolute Gasteiger partial charge is 0.412 e. The largest absolute Gasteiger partial charge is 0.453 e. The van der Waals surface area contributed by atoms with E-state index in [0.29, 0.717) is 16.1 Å². The topological polar surface area (TPSA) is 120 Å². The van der Waals surface area contributed by atoms with Crippen LogP contribution in [0.1, 0.15) is 23.3 Å². The molecule has 190 valence electrons. The van der Waals surface area contributed by atoms with Crippen molar-refractivity contribution in [1.29, 1.82) is 5.41 Å². The fraction of sp³-hybridized carbons (Fsp3) is 0.240. The van der Waals surface area contributed by atoms with Crippen LogP contribution in [-0.4, -0.2) is 68.7 Å². The number of hydrogen-bond acceptors (Lipinski definition) is 6. The number of hydrogen-bond donors (Lipinski definition) is 2. The third-order valence-electron chi connectivity index (χ3n) is 5.77. The number of rotatable bonds is 4. The molecule has 4 rings (SSSR count). The third-order valence-corrected chi connectivity index (χ3v) is 7.90. The molecule has 3 aromatic carbocycles. The molecule has 1 fully saturated rings. The zero-order valence-electron chi connectivity index (χ0n) is 18.8. The first-order chi connectivity index (χ1) is 16.7. The highest BCUT2D eigenvalue weighted by Gasteiger charge is 2.30. The van der Waals surface area contributed by atoms with Gasteiger partial charge in [-0.25, -0.2) is 13.2 Å². The highest BCUT2D eigenvalue weighted by atomic mass is 35.5. The fourth-order valence-electron chi connectivity index (χ4n) is 3.82. The molecule has 0 radical (unpaired) electrons. The van der Waals surface area contributed by atoms with Crippen LogP contribution in [0.5, 0.6) is 0 Å². The number of amidine groups is 1. The van der Waals surface area contributed by atoms with Crippen molar-refractivity contribution in [1.82, 2.24) is 14.5 Å². The van der Waals surface area contributed by atoms with Crippen LogP contribution in [-0.2, 0) is 14.8 Å². The first-order valence-electron chi connectivity index (χ1n) is 10.7. The monoisotopic (exact) mass is 530 g/mol. The number of nitrogens with zero attached hydrogens (tertiary/aromatic N) is 2. The molecule has 0 bridgehead atoms. The number of alkyl carbamates (subject to hydrolysis) is 1. The maximum atomic E-state index is 13.2. The zero-order valence-corrected chi connectivity index (χ0v) is 20.4. The summed E-state index contributed by atoms with van der Waals surface area (Å²) in [6.45, 7) is 0.864. The number of fused-ring (bicyclic) bond motifs is 1. The van der Waals surface area contributed by atoms with E-state index in [-0.39, 0.29) is 50.2 Å². The van der Waals surface area contributed by atoms with E-state index in [9.17, 15) is 18.0 Å². The maximum absolute atomic E-state index is 13.2. The molecule has 0 aliphatic carbocycles. The summed E-state index contributed by atoms with van der Waals surface area (Å²) in [6.07, 6.45) is -0.754. The van der Waals surface area contributed by atoms with Gasteiger partial charge in [-0.2, -0.15) is 4.31 Å². The van der Waals surface area contributed by atoms with E-state index >= 15 is 0 Å². The number of methoxy groups -OCH3 is 1. The van der Waals surface area contributed by atoms with Gasteiger partial charge in [-0.15, -0.1) is 0 Å². The Bertz CT molecular complexity index is 1400. The van der Waals surface area contributed by atoms with E-state index in [1.807, 2.05) is 0 Å². The molecular formula is C25H27ClN4O5S. The minimum atomic E-state index is -3.71. The lowest BCUT2D eigenvalue weighted by molar-refractivity contribution is 0.0698. The Hall–Kier alpha value is -3.47. The molecule has 9 nitrogen and oxygen atoms in total. The van der Waals surface area contributed by atoms with E-state index in [1.165, 1.54) is 11.4 Å². The molecular weight excluding hydrogens is 504 g/mol. The van der Waals surface area contributed by atoms with Crippen molar-refractivity contribution in [3.63, 3.8) is 0 Å². The standard InChI is InChI=1S/C24H23ClN4O5S.CH4/c1-34-24(31)27-22(26)16-2-4-17(5-3-16)23(30)28-10-12-29(13-11-28)35(32,33)21-9-7-18-14-20(25)8-6-19(18)15-21;/h2-9,14-15H,10-13H2,1H3,(H2,26,27,31);1H4. The first-order valence-corrected chi connectivity index (χ1v) is 12.5. The van der Waals surface area contributed by atoms with Crippen LogP contribution < -0.4 is 5.32 Å². The summed E-state index contributed by atoms with van der Waals surface area (Å²) in [7, 11) is -2.51. The maximum Gasteiger partial charge on any atom is 0.412 e. The van der Waals surface area contributed by atoms with Gasteiger partial charge < -0.3 is 9.64 Å². The SMILES string of the molecule is C.COC(=O)NC(=N)c1ccc(C(=O)N2CCN(S(=O)(=O)c3ccc4cc(Cl)ccc4c3)CC2)cc1. The average molecular weight is 531 g/mol. The van der Waals surface area contributed by atoms with Crippen molar-refractivity contribution in [2.24, 2.45) is 0 Å². The van der Waals surface area contributed by atoms with Gasteiger partial charge in [0, 0.05) is 42.3 Å². The van der Waals surface area contributed by atoms with E-state index in [0.717, 1.165) is 10.8 Å². The van der Waals surface area contributed by atoms with Crippen molar-refractivity contribution in [2.45, 2.75) is 12.3 Å². The van der Waals surface area contributed by atoms with Gasteiger partial charge in [-0.05, 0) is 47.2 Å². The first kappa shape index (κ1) is 27.1. The number of ether oxygens (including phenoxy) is 1. The number of sulfonamides is 1. The van der Waals surface area contributed by atoms with E-state index in [4.69, 9.17) is 17.0 Å². The average Bonchev–Trinajstić information content (AvgIpc) is 2.87. The number of piperazine rings is 1. The Morgan fingerprint density at radius 2 is 1.50 bits per heavy atom. The molecule has 3 aromatic rings. The molecule has 0 aromatic heterocycles. The number of amides is 2. The molecule has 0 spiro atoms. The number of carbonyl (C=O) groups excluding carboxylic acids is 2. The van der Waals surface area contributed by atoms with Crippen molar-refractivity contribution >= 4 is 50.2 Å². The summed E-state index contributed by atoms with van der Waals surface area (Å²) in [4.78, 5) is 26.0. The molecule has 11 heteroatoms. The van der Waals surface area contributed by atoms with Crippen LogP contribution >= 0.6 is 11.6 Å². The van der Waals surface area contributed by atoms with E-state index < -0.39 is 16.1 Å². The molecule has 2 amide bonds. The molecule has 0 atom stereocenters. The Labute approximate surface area is 215 Å². The number of carbonyl (C=O) groups is 2. The lowest BCUT2D eigenvalue weighted by Gasteiger charge is -2.34. The minimum absolute atomic E-state index is 0. The van der Waals surface area contributed by atoms with Crippen molar-refractivity contribution < 1.29 is 22.7 Å². The Morgan fingerprint density at radius 3 is 2.14 bits per heavy atom. The van der Waals surface area contributed by atoms with E-state index in [2.05, 4.69) is 10.1 Å². The Morgan fingerprint density at radius 1 is 0.917 bits per heavy atom. The summed E-state index contributed by atoms with van der Waals surface area (Å²) >= 11 is 6.01. The fourth-order valence-corrected chi connectivity index (χ4v) is 5.46. The molecule has 2 N–H and O–H groups in total. The van der Waals surface area contributed by atoms with Gasteiger partial charge in [-0.3, -0.25) is 15.5 Å². The predicted octanol–water partition coefficient (Wildman–Crippen LogP) is 3.96. The second-order valence-corrected chi connectivity index (χ2v) is 10.3. The van der Waals surface area contributed by atoms with Crippen molar-refractivity contribution in [3.05, 3.63) is 76.8 Å². The van der Waals surface area contributed by atoms with Gasteiger partial charge in [0.25, 0.3) is 5.91 Å². The van der Waals surface area contributed by atoms with Crippen molar-refractivity contribution in [2.75, 3.05) is 33.3 Å². The second-order valence-electron chi connectivity index (χ2n) is 7.92. The van der Waals surface area contributed by atoms with Gasteiger partial charge >= 0.3 is 6.09 Å². The second kappa shape index (κ2) is 11.1. The summed E-state index contributed by atoms with van der Waals surface area (Å²) in [5.74, 6) is -0.380. The normalized spacial score (nSPS) is 14.1. The molecule has 1 aliphatic heterocycles. The van der Waals surface area contributed by atoms with Crippen LogP contribution in [0.15, 0.2) is 65.6 Å². The van der Waals surface area contributed by atoms with Gasteiger partial charge in [-0.1, -0.05) is 43.3 Å². The zero-order chi connectivity index (χ0) is 25.2. The predicted molar refractivity (Wildman–Crippen MR) is 139 cm³/mol. The lowest BCUT2D eigenvalue weighted by Crippen LogP contribution is -2.50. The molecule has 1 heterocycles. The summed E-state index contributed by atoms with van der Waals surface area (Å²) < 4.78 is 32.2. The Balaban J connectivity index is 0.00000361. The van der Waals surface area contributed by atoms with Crippen LogP contribution in [0, 0.1) is 5.41 Å². The van der Waals surface area contributed by atoms with Gasteiger partial charge in [0.15, 0.2) is 0 Å². The summed E-state index contributed by atoms with van der Waals surface area (Å²) in [5.41, 5.74) is 0.824.